The van der Waals surface area contributed by atoms with E-state index in [1.54, 1.807) is 20.3 Å². The van der Waals surface area contributed by atoms with Crippen molar-refractivity contribution in [3.63, 3.8) is 0 Å². The van der Waals surface area contributed by atoms with Crippen molar-refractivity contribution in [3.8, 4) is 11.5 Å². The van der Waals surface area contributed by atoms with Crippen molar-refractivity contribution in [2.45, 2.75) is 12.5 Å². The Morgan fingerprint density at radius 1 is 1.12 bits per heavy atom. The van der Waals surface area contributed by atoms with E-state index >= 15 is 0 Å². The van der Waals surface area contributed by atoms with Gasteiger partial charge in [-0.2, -0.15) is 0 Å². The lowest BCUT2D eigenvalue weighted by molar-refractivity contribution is -0.120. The molecule has 0 aliphatic heterocycles. The van der Waals surface area contributed by atoms with Crippen molar-refractivity contribution in [3.05, 3.63) is 58.6 Å². The predicted octanol–water partition coefficient (Wildman–Crippen LogP) is 3.32. The van der Waals surface area contributed by atoms with Crippen molar-refractivity contribution < 1.29 is 14.3 Å². The van der Waals surface area contributed by atoms with Crippen molar-refractivity contribution in [1.29, 1.82) is 0 Å². The topological polar surface area (TPSA) is 50.8 Å². The van der Waals surface area contributed by atoms with E-state index in [0.29, 0.717) is 23.1 Å². The molecule has 1 atom stereocenters. The molecule has 0 aromatic heterocycles. The molecular formula is C20H25ClN2O3. The molecule has 0 aliphatic carbocycles. The molecule has 0 heterocycles. The van der Waals surface area contributed by atoms with Gasteiger partial charge in [0.1, 0.15) is 0 Å². The molecule has 0 aliphatic rings. The Hall–Kier alpha value is -2.24. The van der Waals surface area contributed by atoms with Gasteiger partial charge in [0.15, 0.2) is 11.5 Å². The minimum absolute atomic E-state index is 0.00180. The van der Waals surface area contributed by atoms with Crippen LogP contribution in [0.1, 0.15) is 17.2 Å². The molecule has 0 radical (unpaired) electrons. The first-order chi connectivity index (χ1) is 12.5. The number of amides is 1. The SMILES string of the molecule is COc1ccc(CC(=O)NCC(c2ccccc2Cl)N(C)C)cc1OC. The molecule has 2 rings (SSSR count). The maximum Gasteiger partial charge on any atom is 0.224 e. The van der Waals surface area contributed by atoms with Gasteiger partial charge in [-0.25, -0.2) is 0 Å². The number of carbonyl (C=O) groups is 1. The minimum Gasteiger partial charge on any atom is -0.493 e. The first-order valence-corrected chi connectivity index (χ1v) is 8.72. The third kappa shape index (κ3) is 5.13. The number of hydrogen-bond donors (Lipinski definition) is 1. The molecule has 5 nitrogen and oxygen atoms in total. The first kappa shape index (κ1) is 20.1. The second-order valence-electron chi connectivity index (χ2n) is 6.17. The van der Waals surface area contributed by atoms with Crippen LogP contribution in [0, 0.1) is 0 Å². The fourth-order valence-electron chi connectivity index (χ4n) is 2.77. The van der Waals surface area contributed by atoms with Gasteiger partial charge in [-0.15, -0.1) is 0 Å². The summed E-state index contributed by atoms with van der Waals surface area (Å²) in [5.74, 6) is 1.19. The van der Waals surface area contributed by atoms with Gasteiger partial charge < -0.3 is 19.7 Å². The molecule has 0 spiro atoms. The summed E-state index contributed by atoms with van der Waals surface area (Å²) in [6.07, 6.45) is 0.267. The largest absolute Gasteiger partial charge is 0.493 e. The van der Waals surface area contributed by atoms with Crippen molar-refractivity contribution in [2.24, 2.45) is 0 Å². The lowest BCUT2D eigenvalue weighted by Gasteiger charge is -2.26. The van der Waals surface area contributed by atoms with E-state index in [1.165, 1.54) is 0 Å². The molecule has 140 valence electrons. The number of benzene rings is 2. The summed E-state index contributed by atoms with van der Waals surface area (Å²) in [4.78, 5) is 14.4. The number of nitrogens with zero attached hydrogens (tertiary/aromatic N) is 1. The van der Waals surface area contributed by atoms with Gasteiger partial charge in [-0.05, 0) is 43.4 Å². The number of halogens is 1. The Bertz CT molecular complexity index is 750. The van der Waals surface area contributed by atoms with Gasteiger partial charge in [0.25, 0.3) is 0 Å². The van der Waals surface area contributed by atoms with Crippen molar-refractivity contribution in [1.82, 2.24) is 10.2 Å². The number of likely N-dealkylation sites (N-methyl/N-ethyl adjacent to an activating group) is 1. The maximum atomic E-state index is 12.4. The van der Waals surface area contributed by atoms with E-state index in [-0.39, 0.29) is 18.4 Å². The van der Waals surface area contributed by atoms with Crippen LogP contribution in [0.5, 0.6) is 11.5 Å². The number of carbonyl (C=O) groups excluding carboxylic acids is 1. The van der Waals surface area contributed by atoms with E-state index in [1.807, 2.05) is 55.4 Å². The highest BCUT2D eigenvalue weighted by atomic mass is 35.5. The third-order valence-corrected chi connectivity index (χ3v) is 4.54. The standard InChI is InChI=1S/C20H25ClN2O3/c1-23(2)17(15-7-5-6-8-16(15)21)13-22-20(24)12-14-9-10-18(25-3)19(11-14)26-4/h5-11,17H,12-13H2,1-4H3,(H,22,24). The molecular weight excluding hydrogens is 352 g/mol. The summed E-state index contributed by atoms with van der Waals surface area (Å²) in [7, 11) is 7.09. The summed E-state index contributed by atoms with van der Waals surface area (Å²) in [6.45, 7) is 0.475. The van der Waals surface area contributed by atoms with Crippen molar-refractivity contribution >= 4 is 17.5 Å². The van der Waals surface area contributed by atoms with Crippen LogP contribution < -0.4 is 14.8 Å². The van der Waals surface area contributed by atoms with Gasteiger partial charge in [-0.1, -0.05) is 35.9 Å². The maximum absolute atomic E-state index is 12.4. The summed E-state index contributed by atoms with van der Waals surface area (Å²) in [5, 5.41) is 3.69. The molecule has 26 heavy (non-hydrogen) atoms. The summed E-state index contributed by atoms with van der Waals surface area (Å²) in [6, 6.07) is 13.2. The Morgan fingerprint density at radius 3 is 2.42 bits per heavy atom. The van der Waals surface area contributed by atoms with E-state index in [0.717, 1.165) is 11.1 Å². The molecule has 2 aromatic carbocycles. The molecule has 1 unspecified atom stereocenters. The Balaban J connectivity index is 2.02. The zero-order valence-electron chi connectivity index (χ0n) is 15.6. The fraction of sp³-hybridized carbons (Fsp3) is 0.350. The summed E-state index contributed by atoms with van der Waals surface area (Å²) < 4.78 is 10.5. The first-order valence-electron chi connectivity index (χ1n) is 8.34. The molecule has 0 fully saturated rings. The number of hydrogen-bond acceptors (Lipinski definition) is 4. The van der Waals surface area contributed by atoms with Crippen LogP contribution in [0.15, 0.2) is 42.5 Å². The molecule has 0 saturated heterocycles. The van der Waals surface area contributed by atoms with Crippen LogP contribution in [-0.4, -0.2) is 45.7 Å². The second kappa shape index (κ2) is 9.46. The Morgan fingerprint density at radius 2 is 1.81 bits per heavy atom. The predicted molar refractivity (Wildman–Crippen MR) is 104 cm³/mol. The normalized spacial score (nSPS) is 11.9. The van der Waals surface area contributed by atoms with Gasteiger partial charge in [-0.3, -0.25) is 4.79 Å². The Kier molecular flexibility index (Phi) is 7.30. The smallest absolute Gasteiger partial charge is 0.224 e. The van der Waals surface area contributed by atoms with E-state index < -0.39 is 0 Å². The highest BCUT2D eigenvalue weighted by Gasteiger charge is 2.18. The quantitative estimate of drug-likeness (QED) is 0.767. The highest BCUT2D eigenvalue weighted by Crippen LogP contribution is 2.28. The van der Waals surface area contributed by atoms with E-state index in [2.05, 4.69) is 5.32 Å². The zero-order valence-corrected chi connectivity index (χ0v) is 16.3. The average molecular weight is 377 g/mol. The molecule has 0 saturated carbocycles. The van der Waals surface area contributed by atoms with Crippen LogP contribution in [0.2, 0.25) is 5.02 Å². The lowest BCUT2D eigenvalue weighted by atomic mass is 10.1. The van der Waals surface area contributed by atoms with Crippen LogP contribution in [0.25, 0.3) is 0 Å². The minimum atomic E-state index is -0.0591. The highest BCUT2D eigenvalue weighted by molar-refractivity contribution is 6.31. The van der Waals surface area contributed by atoms with Gasteiger partial charge >= 0.3 is 0 Å². The van der Waals surface area contributed by atoms with E-state index in [9.17, 15) is 4.79 Å². The van der Waals surface area contributed by atoms with Gasteiger partial charge in [0.2, 0.25) is 5.91 Å². The lowest BCUT2D eigenvalue weighted by Crippen LogP contribution is -2.35. The molecule has 1 amide bonds. The average Bonchev–Trinajstić information content (AvgIpc) is 2.62. The van der Waals surface area contributed by atoms with Gasteiger partial charge in [0.05, 0.1) is 26.7 Å². The molecule has 2 aromatic rings. The van der Waals surface area contributed by atoms with Crippen LogP contribution in [0.3, 0.4) is 0 Å². The molecule has 0 bridgehead atoms. The third-order valence-electron chi connectivity index (χ3n) is 4.19. The summed E-state index contributed by atoms with van der Waals surface area (Å²) >= 11 is 6.30. The van der Waals surface area contributed by atoms with Crippen LogP contribution >= 0.6 is 11.6 Å². The number of methoxy groups -OCH3 is 2. The molecule has 6 heteroatoms. The van der Waals surface area contributed by atoms with Crippen LogP contribution in [-0.2, 0) is 11.2 Å². The molecule has 1 N–H and O–H groups in total. The van der Waals surface area contributed by atoms with Gasteiger partial charge in [0, 0.05) is 11.6 Å². The zero-order chi connectivity index (χ0) is 19.1. The number of rotatable bonds is 8. The van der Waals surface area contributed by atoms with Crippen LogP contribution in [0.4, 0.5) is 0 Å². The van der Waals surface area contributed by atoms with E-state index in [4.69, 9.17) is 21.1 Å². The van der Waals surface area contributed by atoms with Crippen molar-refractivity contribution in [2.75, 3.05) is 34.9 Å². The number of nitrogens with one attached hydrogen (secondary N) is 1. The fourth-order valence-corrected chi connectivity index (χ4v) is 3.03. The monoisotopic (exact) mass is 376 g/mol. The Labute approximate surface area is 159 Å². The summed E-state index contributed by atoms with van der Waals surface area (Å²) in [5.41, 5.74) is 1.85. The number of ether oxygens (including phenoxy) is 2. The second-order valence-corrected chi connectivity index (χ2v) is 6.58.